The molecular formula is C23H40IN5O2. The van der Waals surface area contributed by atoms with Gasteiger partial charge in [0, 0.05) is 44.1 Å². The van der Waals surface area contributed by atoms with Crippen molar-refractivity contribution in [2.45, 2.75) is 65.0 Å². The standard InChI is InChI=1S/C23H39N5O2.HI/c1-4-27-13-5-7-20(27)17-25-23(24-12-9-21-8-6-16-30-21)26-19-10-14-28(15-11-19)22(29)18(2)3;/h6,8,16,18-20H,4-5,7,9-15,17H2,1-3H3,(H2,24,25,26);1H. The van der Waals surface area contributed by atoms with Crippen molar-refractivity contribution >= 4 is 35.8 Å². The van der Waals surface area contributed by atoms with E-state index < -0.39 is 0 Å². The molecule has 2 saturated heterocycles. The molecule has 2 aliphatic heterocycles. The van der Waals surface area contributed by atoms with Crippen LogP contribution in [0.4, 0.5) is 0 Å². The summed E-state index contributed by atoms with van der Waals surface area (Å²) in [5.41, 5.74) is 0. The number of halogens is 1. The number of carbonyl (C=O) groups is 1. The molecular weight excluding hydrogens is 505 g/mol. The molecule has 1 atom stereocenters. The Morgan fingerprint density at radius 2 is 2.03 bits per heavy atom. The molecule has 3 heterocycles. The first-order valence-corrected chi connectivity index (χ1v) is 11.7. The number of likely N-dealkylation sites (tertiary alicyclic amines) is 2. The highest BCUT2D eigenvalue weighted by molar-refractivity contribution is 14.0. The zero-order chi connectivity index (χ0) is 21.3. The molecule has 2 N–H and O–H groups in total. The highest BCUT2D eigenvalue weighted by Crippen LogP contribution is 2.17. The van der Waals surface area contributed by atoms with E-state index in [0.717, 1.165) is 63.7 Å². The summed E-state index contributed by atoms with van der Waals surface area (Å²) >= 11 is 0. The molecule has 1 aromatic rings. The number of piperidine rings is 1. The number of furan rings is 1. The van der Waals surface area contributed by atoms with Crippen LogP contribution in [0.1, 0.15) is 52.2 Å². The third kappa shape index (κ3) is 7.97. The molecule has 8 heteroatoms. The van der Waals surface area contributed by atoms with Crippen molar-refractivity contribution in [3.05, 3.63) is 24.2 Å². The number of nitrogens with one attached hydrogen (secondary N) is 2. The lowest BCUT2D eigenvalue weighted by Gasteiger charge is -2.34. The molecule has 0 bridgehead atoms. The smallest absolute Gasteiger partial charge is 0.225 e. The Kier molecular flexibility index (Phi) is 11.1. The summed E-state index contributed by atoms with van der Waals surface area (Å²) in [6.45, 7) is 11.7. The third-order valence-electron chi connectivity index (χ3n) is 6.25. The maximum atomic E-state index is 12.2. The van der Waals surface area contributed by atoms with Gasteiger partial charge in [-0.3, -0.25) is 14.7 Å². The Labute approximate surface area is 204 Å². The fraction of sp³-hybridized carbons (Fsp3) is 0.739. The van der Waals surface area contributed by atoms with Crippen molar-refractivity contribution in [1.82, 2.24) is 20.4 Å². The van der Waals surface area contributed by atoms with Crippen LogP contribution in [0.3, 0.4) is 0 Å². The topological polar surface area (TPSA) is 73.1 Å². The largest absolute Gasteiger partial charge is 0.469 e. The van der Waals surface area contributed by atoms with E-state index in [4.69, 9.17) is 9.41 Å². The second kappa shape index (κ2) is 13.3. The summed E-state index contributed by atoms with van der Waals surface area (Å²) in [4.78, 5) is 21.7. The molecule has 3 rings (SSSR count). The minimum absolute atomic E-state index is 0. The van der Waals surface area contributed by atoms with Crippen molar-refractivity contribution in [2.24, 2.45) is 10.9 Å². The van der Waals surface area contributed by atoms with E-state index in [1.54, 1.807) is 6.26 Å². The first kappa shape index (κ1) is 26.0. The average molecular weight is 546 g/mol. The summed E-state index contributed by atoms with van der Waals surface area (Å²) in [5, 5.41) is 7.13. The van der Waals surface area contributed by atoms with Crippen LogP contribution in [0.15, 0.2) is 27.8 Å². The second-order valence-electron chi connectivity index (χ2n) is 8.77. The van der Waals surface area contributed by atoms with Gasteiger partial charge in [-0.15, -0.1) is 24.0 Å². The molecule has 7 nitrogen and oxygen atoms in total. The van der Waals surface area contributed by atoms with Crippen molar-refractivity contribution in [2.75, 3.05) is 39.3 Å². The molecule has 176 valence electrons. The first-order valence-electron chi connectivity index (χ1n) is 11.7. The SMILES string of the molecule is CCN1CCCC1CN=C(NCCc1ccco1)NC1CCN(C(=O)C(C)C)CC1.I. The van der Waals surface area contributed by atoms with Gasteiger partial charge in [0.1, 0.15) is 5.76 Å². The van der Waals surface area contributed by atoms with Crippen LogP contribution in [0.25, 0.3) is 0 Å². The molecule has 2 aliphatic rings. The van der Waals surface area contributed by atoms with Crippen molar-refractivity contribution in [1.29, 1.82) is 0 Å². The number of carbonyl (C=O) groups excluding carboxylic acids is 1. The van der Waals surface area contributed by atoms with Gasteiger partial charge in [0.25, 0.3) is 0 Å². The lowest BCUT2D eigenvalue weighted by molar-refractivity contribution is -0.135. The maximum Gasteiger partial charge on any atom is 0.225 e. The Balaban J connectivity index is 0.00000341. The van der Waals surface area contributed by atoms with Crippen LogP contribution < -0.4 is 10.6 Å². The molecule has 31 heavy (non-hydrogen) atoms. The number of rotatable bonds is 8. The van der Waals surface area contributed by atoms with E-state index in [1.807, 2.05) is 30.9 Å². The van der Waals surface area contributed by atoms with Crippen LogP contribution in [-0.2, 0) is 11.2 Å². The second-order valence-corrected chi connectivity index (χ2v) is 8.77. The molecule has 0 aromatic carbocycles. The van der Waals surface area contributed by atoms with Crippen LogP contribution in [0.2, 0.25) is 0 Å². The van der Waals surface area contributed by atoms with Crippen molar-refractivity contribution < 1.29 is 9.21 Å². The predicted octanol–water partition coefficient (Wildman–Crippen LogP) is 3.11. The molecule has 0 aliphatic carbocycles. The van der Waals surface area contributed by atoms with Gasteiger partial charge >= 0.3 is 0 Å². The Bertz CT molecular complexity index is 672. The molecule has 2 fully saturated rings. The quantitative estimate of drug-likeness (QED) is 0.299. The minimum Gasteiger partial charge on any atom is -0.469 e. The van der Waals surface area contributed by atoms with E-state index in [9.17, 15) is 4.79 Å². The molecule has 1 aromatic heterocycles. The Morgan fingerprint density at radius 1 is 1.26 bits per heavy atom. The number of guanidine groups is 1. The first-order chi connectivity index (χ1) is 14.6. The van der Waals surface area contributed by atoms with Gasteiger partial charge in [0.15, 0.2) is 5.96 Å². The zero-order valence-electron chi connectivity index (χ0n) is 19.3. The van der Waals surface area contributed by atoms with Gasteiger partial charge in [-0.05, 0) is 50.9 Å². The van der Waals surface area contributed by atoms with Crippen molar-refractivity contribution in [3.8, 4) is 0 Å². The van der Waals surface area contributed by atoms with Crippen LogP contribution in [0.5, 0.6) is 0 Å². The lowest BCUT2D eigenvalue weighted by Crippen LogP contribution is -2.51. The van der Waals surface area contributed by atoms with Gasteiger partial charge < -0.3 is 20.0 Å². The molecule has 0 saturated carbocycles. The molecule has 0 radical (unpaired) electrons. The average Bonchev–Trinajstić information content (AvgIpc) is 3.43. The molecule has 1 unspecified atom stereocenters. The fourth-order valence-corrected chi connectivity index (χ4v) is 4.43. The molecule has 1 amide bonds. The summed E-state index contributed by atoms with van der Waals surface area (Å²) in [7, 11) is 0. The summed E-state index contributed by atoms with van der Waals surface area (Å²) in [6.07, 6.45) is 6.97. The number of amides is 1. The number of nitrogens with zero attached hydrogens (tertiary/aromatic N) is 3. The fourth-order valence-electron chi connectivity index (χ4n) is 4.43. The van der Waals surface area contributed by atoms with Gasteiger partial charge in [-0.2, -0.15) is 0 Å². The molecule has 0 spiro atoms. The van der Waals surface area contributed by atoms with Gasteiger partial charge in [-0.1, -0.05) is 20.8 Å². The maximum absolute atomic E-state index is 12.2. The van der Waals surface area contributed by atoms with Crippen LogP contribution in [-0.4, -0.2) is 73.0 Å². The predicted molar refractivity (Wildman–Crippen MR) is 136 cm³/mol. The van der Waals surface area contributed by atoms with Crippen LogP contribution in [0, 0.1) is 5.92 Å². The number of aliphatic imine (C=N–C) groups is 1. The van der Waals surface area contributed by atoms with E-state index in [1.165, 1.54) is 19.4 Å². The number of likely N-dealkylation sites (N-methyl/N-ethyl adjacent to an activating group) is 1. The Morgan fingerprint density at radius 3 is 2.68 bits per heavy atom. The van der Waals surface area contributed by atoms with E-state index in [-0.39, 0.29) is 35.8 Å². The normalized spacial score (nSPS) is 20.7. The highest BCUT2D eigenvalue weighted by atomic mass is 127. The minimum atomic E-state index is 0. The third-order valence-corrected chi connectivity index (χ3v) is 6.25. The number of hydrogen-bond donors (Lipinski definition) is 2. The van der Waals surface area contributed by atoms with Gasteiger partial charge in [0.05, 0.1) is 12.8 Å². The van der Waals surface area contributed by atoms with E-state index in [0.29, 0.717) is 12.1 Å². The summed E-state index contributed by atoms with van der Waals surface area (Å²) in [5.74, 6) is 2.20. The summed E-state index contributed by atoms with van der Waals surface area (Å²) < 4.78 is 5.44. The zero-order valence-corrected chi connectivity index (χ0v) is 21.6. The van der Waals surface area contributed by atoms with Gasteiger partial charge in [0.2, 0.25) is 5.91 Å². The highest BCUT2D eigenvalue weighted by Gasteiger charge is 2.25. The van der Waals surface area contributed by atoms with Gasteiger partial charge in [-0.25, -0.2) is 0 Å². The van der Waals surface area contributed by atoms with E-state index in [2.05, 4.69) is 22.5 Å². The van der Waals surface area contributed by atoms with E-state index >= 15 is 0 Å². The monoisotopic (exact) mass is 545 g/mol. The summed E-state index contributed by atoms with van der Waals surface area (Å²) in [6, 6.07) is 4.82. The lowest BCUT2D eigenvalue weighted by atomic mass is 10.0. The van der Waals surface area contributed by atoms with Crippen molar-refractivity contribution in [3.63, 3.8) is 0 Å². The number of hydrogen-bond acceptors (Lipinski definition) is 4. The Hall–Kier alpha value is -1.29. The van der Waals surface area contributed by atoms with Crippen LogP contribution >= 0.6 is 24.0 Å².